The maximum atomic E-state index is 13.1. The number of imide groups is 1. The Morgan fingerprint density at radius 2 is 1.91 bits per heavy atom. The van der Waals surface area contributed by atoms with E-state index in [1.165, 1.54) is 46.7 Å². The van der Waals surface area contributed by atoms with E-state index >= 15 is 0 Å². The van der Waals surface area contributed by atoms with Crippen LogP contribution in [0.15, 0.2) is 40.7 Å². The van der Waals surface area contributed by atoms with Gasteiger partial charge in [0.2, 0.25) is 17.7 Å². The Bertz CT molecular complexity index is 1190. The zero-order chi connectivity index (χ0) is 24.0. The summed E-state index contributed by atoms with van der Waals surface area (Å²) in [7, 11) is -3.78. The number of carbonyl (C=O) groups is 3. The summed E-state index contributed by atoms with van der Waals surface area (Å²) in [5.74, 6) is -0.985. The number of anilines is 2. The Morgan fingerprint density at radius 1 is 1.21 bits per heavy atom. The van der Waals surface area contributed by atoms with Gasteiger partial charge < -0.3 is 5.32 Å². The molecule has 4 rings (SSSR count). The molecular formula is C22H26N4O5S2. The lowest BCUT2D eigenvalue weighted by Gasteiger charge is -2.47. The molecule has 2 N–H and O–H groups in total. The highest BCUT2D eigenvalue weighted by Crippen LogP contribution is 2.60. The molecule has 11 heteroatoms. The number of rotatable bonds is 7. The molecule has 2 aromatic rings. The average Bonchev–Trinajstić information content (AvgIpc) is 3.31. The largest absolute Gasteiger partial charge is 0.326 e. The molecule has 33 heavy (non-hydrogen) atoms. The molecule has 2 bridgehead atoms. The topological polar surface area (TPSA) is 126 Å². The molecule has 1 aromatic carbocycles. The number of nitrogens with zero attached hydrogens (tertiary/aromatic N) is 2. The molecule has 1 saturated carbocycles. The fourth-order valence-electron chi connectivity index (χ4n) is 4.72. The summed E-state index contributed by atoms with van der Waals surface area (Å²) in [5.41, 5.74) is -0.579. The van der Waals surface area contributed by atoms with Crippen LogP contribution in [0.25, 0.3) is 0 Å². The Kier molecular flexibility index (Phi) is 5.81. The van der Waals surface area contributed by atoms with E-state index in [2.05, 4.69) is 15.0 Å². The summed E-state index contributed by atoms with van der Waals surface area (Å²) < 4.78 is 27.2. The highest BCUT2D eigenvalue weighted by molar-refractivity contribution is 7.93. The first-order valence-corrected chi connectivity index (χ1v) is 13.0. The van der Waals surface area contributed by atoms with Crippen molar-refractivity contribution >= 4 is 49.9 Å². The van der Waals surface area contributed by atoms with Crippen molar-refractivity contribution in [1.82, 2.24) is 9.88 Å². The Morgan fingerprint density at radius 3 is 2.55 bits per heavy atom. The quantitative estimate of drug-likeness (QED) is 0.575. The van der Waals surface area contributed by atoms with Gasteiger partial charge >= 0.3 is 0 Å². The molecule has 176 valence electrons. The smallest absolute Gasteiger partial charge is 0.263 e. The third-order valence-corrected chi connectivity index (χ3v) is 9.35. The molecule has 2 aliphatic rings. The third kappa shape index (κ3) is 4.04. The number of aromatic nitrogens is 1. The van der Waals surface area contributed by atoms with E-state index in [1.807, 2.05) is 20.8 Å². The van der Waals surface area contributed by atoms with E-state index in [-0.39, 0.29) is 46.6 Å². The fraction of sp³-hybridized carbons (Fsp3) is 0.455. The SMILES string of the molecule is CC12CCC(C(=O)N(CCC(=O)Nc3ccc(S(=O)(=O)Nc4nccs4)cc3)C1=O)C2(C)C. The van der Waals surface area contributed by atoms with E-state index in [9.17, 15) is 22.8 Å². The van der Waals surface area contributed by atoms with Crippen molar-refractivity contribution in [2.45, 2.75) is 44.9 Å². The minimum Gasteiger partial charge on any atom is -0.326 e. The molecule has 2 atom stereocenters. The lowest BCUT2D eigenvalue weighted by atomic mass is 9.62. The van der Waals surface area contributed by atoms with Crippen LogP contribution in [0.3, 0.4) is 0 Å². The molecule has 2 unspecified atom stereocenters. The number of carbonyl (C=O) groups excluding carboxylic acids is 3. The van der Waals surface area contributed by atoms with E-state index in [4.69, 9.17) is 0 Å². The van der Waals surface area contributed by atoms with Gasteiger partial charge in [0, 0.05) is 36.1 Å². The van der Waals surface area contributed by atoms with Gasteiger partial charge in [-0.15, -0.1) is 11.3 Å². The lowest BCUT2D eigenvalue weighted by Crippen LogP contribution is -2.59. The van der Waals surface area contributed by atoms with Gasteiger partial charge in [0.05, 0.1) is 10.3 Å². The van der Waals surface area contributed by atoms with Gasteiger partial charge in [-0.1, -0.05) is 20.8 Å². The predicted molar refractivity (Wildman–Crippen MR) is 124 cm³/mol. The van der Waals surface area contributed by atoms with E-state index < -0.39 is 20.9 Å². The first-order chi connectivity index (χ1) is 15.5. The molecule has 2 heterocycles. The van der Waals surface area contributed by atoms with Crippen LogP contribution >= 0.6 is 11.3 Å². The maximum absolute atomic E-state index is 13.1. The van der Waals surface area contributed by atoms with Crippen LogP contribution in [0, 0.1) is 16.7 Å². The van der Waals surface area contributed by atoms with Crippen molar-refractivity contribution in [2.75, 3.05) is 16.6 Å². The number of piperidine rings is 1. The number of hydrogen-bond donors (Lipinski definition) is 2. The van der Waals surface area contributed by atoms with Crippen molar-refractivity contribution in [3.8, 4) is 0 Å². The van der Waals surface area contributed by atoms with Gasteiger partial charge in [-0.2, -0.15) is 0 Å². The molecule has 1 aliphatic carbocycles. The molecule has 1 saturated heterocycles. The molecule has 3 amide bonds. The van der Waals surface area contributed by atoms with Crippen molar-refractivity contribution in [2.24, 2.45) is 16.7 Å². The van der Waals surface area contributed by atoms with E-state index in [1.54, 1.807) is 5.38 Å². The van der Waals surface area contributed by atoms with E-state index in [0.717, 1.165) is 0 Å². The van der Waals surface area contributed by atoms with Gasteiger partial charge in [-0.25, -0.2) is 13.4 Å². The van der Waals surface area contributed by atoms with Crippen molar-refractivity contribution in [3.05, 3.63) is 35.8 Å². The van der Waals surface area contributed by atoms with Crippen LogP contribution in [0.4, 0.5) is 10.8 Å². The monoisotopic (exact) mass is 490 g/mol. The van der Waals surface area contributed by atoms with Gasteiger partial charge in [0.1, 0.15) is 0 Å². The second-order valence-electron chi connectivity index (χ2n) is 9.21. The van der Waals surface area contributed by atoms with Gasteiger partial charge in [0.25, 0.3) is 10.0 Å². The molecular weight excluding hydrogens is 464 g/mol. The molecule has 2 fully saturated rings. The summed E-state index contributed by atoms with van der Waals surface area (Å²) in [6.45, 7) is 5.88. The minimum absolute atomic E-state index is 0.0237. The zero-order valence-electron chi connectivity index (χ0n) is 18.6. The molecule has 0 spiro atoms. The highest BCUT2D eigenvalue weighted by Gasteiger charge is 2.64. The van der Waals surface area contributed by atoms with Gasteiger partial charge in [0.15, 0.2) is 5.13 Å². The Balaban J connectivity index is 1.36. The normalized spacial score (nSPS) is 24.1. The molecule has 0 radical (unpaired) electrons. The second kappa shape index (κ2) is 8.21. The van der Waals surface area contributed by atoms with Gasteiger partial charge in [-0.05, 0) is 42.5 Å². The van der Waals surface area contributed by atoms with Crippen molar-refractivity contribution in [3.63, 3.8) is 0 Å². The maximum Gasteiger partial charge on any atom is 0.263 e. The van der Waals surface area contributed by atoms with Crippen LogP contribution in [-0.4, -0.2) is 42.6 Å². The lowest BCUT2D eigenvalue weighted by molar-refractivity contribution is -0.167. The summed E-state index contributed by atoms with van der Waals surface area (Å²) >= 11 is 1.17. The van der Waals surface area contributed by atoms with Crippen molar-refractivity contribution < 1.29 is 22.8 Å². The van der Waals surface area contributed by atoms with E-state index in [0.29, 0.717) is 18.5 Å². The number of fused-ring (bicyclic) bond motifs is 2. The van der Waals surface area contributed by atoms with Crippen LogP contribution in [0.1, 0.15) is 40.0 Å². The predicted octanol–water partition coefficient (Wildman–Crippen LogP) is 3.08. The minimum atomic E-state index is -3.78. The number of amides is 3. The van der Waals surface area contributed by atoms with Crippen LogP contribution in [0.5, 0.6) is 0 Å². The molecule has 1 aliphatic heterocycles. The first-order valence-electron chi connectivity index (χ1n) is 10.6. The fourth-order valence-corrected chi connectivity index (χ4v) is 6.50. The van der Waals surface area contributed by atoms with Crippen molar-refractivity contribution in [1.29, 1.82) is 0 Å². The average molecular weight is 491 g/mol. The number of hydrogen-bond acceptors (Lipinski definition) is 7. The number of likely N-dealkylation sites (tertiary alicyclic amines) is 1. The van der Waals surface area contributed by atoms with Crippen LogP contribution < -0.4 is 10.0 Å². The Labute approximate surface area is 196 Å². The summed E-state index contributed by atoms with van der Waals surface area (Å²) in [6, 6.07) is 5.72. The standard InChI is InChI=1S/C22H26N4O5S2/c1-21(2)16-8-10-22(21,3)19(29)26(18(16)28)12-9-17(27)24-14-4-6-15(7-5-14)33(30,31)25-20-23-11-13-32-20/h4-7,11,13,16H,8-10,12H2,1-3H3,(H,23,25)(H,24,27). The molecule has 1 aromatic heterocycles. The zero-order valence-corrected chi connectivity index (χ0v) is 20.3. The molecule has 9 nitrogen and oxygen atoms in total. The number of benzene rings is 1. The summed E-state index contributed by atoms with van der Waals surface area (Å²) in [6.07, 6.45) is 2.82. The number of thiazole rings is 1. The second-order valence-corrected chi connectivity index (χ2v) is 11.8. The highest BCUT2D eigenvalue weighted by atomic mass is 32.2. The van der Waals surface area contributed by atoms with Crippen LogP contribution in [-0.2, 0) is 24.4 Å². The summed E-state index contributed by atoms with van der Waals surface area (Å²) in [5, 5.41) is 4.61. The first kappa shape index (κ1) is 23.4. The Hall–Kier alpha value is -2.79. The number of nitrogens with one attached hydrogen (secondary N) is 2. The summed E-state index contributed by atoms with van der Waals surface area (Å²) in [4.78, 5) is 43.5. The number of sulfonamides is 1. The van der Waals surface area contributed by atoms with Gasteiger partial charge in [-0.3, -0.25) is 24.0 Å². The third-order valence-electron chi connectivity index (χ3n) is 7.17. The van der Waals surface area contributed by atoms with Crippen LogP contribution in [0.2, 0.25) is 0 Å².